The highest BCUT2D eigenvalue weighted by atomic mass is 35.5. The van der Waals surface area contributed by atoms with Crippen LogP contribution in [0.5, 0.6) is 0 Å². The largest absolute Gasteiger partial charge is 0.330 e. The van der Waals surface area contributed by atoms with Crippen molar-refractivity contribution in [2.75, 3.05) is 11.4 Å². The molecular weight excluding hydrogens is 566 g/mol. The summed E-state index contributed by atoms with van der Waals surface area (Å²) in [6, 6.07) is 20.1. The van der Waals surface area contributed by atoms with Gasteiger partial charge in [-0.25, -0.2) is 4.90 Å². The molecule has 3 aromatic carbocycles. The van der Waals surface area contributed by atoms with Crippen molar-refractivity contribution in [1.29, 1.82) is 0 Å². The number of fused-ring (bicyclic) bond motifs is 1. The van der Waals surface area contributed by atoms with Gasteiger partial charge in [0.05, 0.1) is 23.4 Å². The second-order valence-corrected chi connectivity index (χ2v) is 10.9. The zero-order valence-electron chi connectivity index (χ0n) is 23.5. The third-order valence-electron chi connectivity index (χ3n) is 8.22. The van der Waals surface area contributed by atoms with Gasteiger partial charge in [-0.1, -0.05) is 36.4 Å². The molecule has 0 unspecified atom stereocenters. The molecule has 43 heavy (non-hydrogen) atoms. The number of anilines is 1. The van der Waals surface area contributed by atoms with Crippen molar-refractivity contribution in [1.82, 2.24) is 30.8 Å². The predicted octanol–water partition coefficient (Wildman–Crippen LogP) is 4.03. The summed E-state index contributed by atoms with van der Waals surface area (Å²) in [5.41, 5.74) is 17.5. The predicted molar refractivity (Wildman–Crippen MR) is 167 cm³/mol. The molecule has 2 amide bonds. The molecule has 0 saturated heterocycles. The summed E-state index contributed by atoms with van der Waals surface area (Å²) in [6.45, 7) is 0.613. The van der Waals surface area contributed by atoms with Gasteiger partial charge in [0.2, 0.25) is 11.7 Å². The molecule has 12 heteroatoms. The van der Waals surface area contributed by atoms with E-state index in [4.69, 9.17) is 11.5 Å². The van der Waals surface area contributed by atoms with Crippen LogP contribution in [0.1, 0.15) is 31.2 Å². The average molecular weight is 600 g/mol. The Kier molecular flexibility index (Phi) is 9.24. The van der Waals surface area contributed by atoms with Crippen LogP contribution in [0.4, 0.5) is 5.69 Å². The normalized spacial score (nSPS) is 17.3. The van der Waals surface area contributed by atoms with E-state index in [1.165, 1.54) is 4.90 Å². The summed E-state index contributed by atoms with van der Waals surface area (Å²) in [4.78, 5) is 29.0. The van der Waals surface area contributed by atoms with Gasteiger partial charge in [0.25, 0.3) is 5.91 Å². The van der Waals surface area contributed by atoms with Crippen molar-refractivity contribution in [2.45, 2.75) is 38.1 Å². The molecule has 6 N–H and O–H groups in total. The summed E-state index contributed by atoms with van der Waals surface area (Å²) >= 11 is 0. The van der Waals surface area contributed by atoms with Crippen molar-refractivity contribution in [3.8, 4) is 22.5 Å². The second-order valence-electron chi connectivity index (χ2n) is 10.9. The first-order valence-electron chi connectivity index (χ1n) is 14.2. The minimum absolute atomic E-state index is 0. The molecule has 6 rings (SSSR count). The number of carbonyl (C=O) groups excluding carboxylic acids is 2. The Morgan fingerprint density at radius 2 is 1.67 bits per heavy atom. The average Bonchev–Trinajstić information content (AvgIpc) is 3.75. The summed E-state index contributed by atoms with van der Waals surface area (Å²) in [6.07, 6.45) is 5.25. The van der Waals surface area contributed by atoms with E-state index >= 15 is 0 Å². The Balaban J connectivity index is 0.00000368. The number of halogens is 1. The van der Waals surface area contributed by atoms with E-state index in [2.05, 4.69) is 36.9 Å². The molecule has 0 bridgehead atoms. The minimum atomic E-state index is -0.908. The lowest BCUT2D eigenvalue weighted by molar-refractivity contribution is -0.130. The Labute approximate surface area is 254 Å². The number of amides is 2. The van der Waals surface area contributed by atoms with E-state index in [0.717, 1.165) is 40.4 Å². The zero-order valence-corrected chi connectivity index (χ0v) is 24.3. The van der Waals surface area contributed by atoms with Gasteiger partial charge in [-0.15, -0.1) is 22.6 Å². The maximum Gasteiger partial charge on any atom is 0.251 e. The lowest BCUT2D eigenvalue weighted by atomic mass is 9.81. The van der Waals surface area contributed by atoms with Gasteiger partial charge in [0, 0.05) is 16.9 Å². The summed E-state index contributed by atoms with van der Waals surface area (Å²) in [7, 11) is 0. The van der Waals surface area contributed by atoms with E-state index in [9.17, 15) is 9.59 Å². The summed E-state index contributed by atoms with van der Waals surface area (Å²) in [5.74, 6) is -0.0683. The van der Waals surface area contributed by atoms with E-state index < -0.39 is 11.9 Å². The van der Waals surface area contributed by atoms with Crippen LogP contribution in [0.3, 0.4) is 0 Å². The fraction of sp³-hybridized carbons (Fsp3) is 0.290. The maximum absolute atomic E-state index is 13.9. The van der Waals surface area contributed by atoms with E-state index in [0.29, 0.717) is 48.8 Å². The molecule has 1 fully saturated rings. The second kappa shape index (κ2) is 13.2. The molecule has 1 atom stereocenters. The van der Waals surface area contributed by atoms with Crippen molar-refractivity contribution >= 4 is 40.8 Å². The first kappa shape index (κ1) is 30.0. The van der Waals surface area contributed by atoms with Crippen LogP contribution in [0.25, 0.3) is 33.4 Å². The molecule has 222 valence electrons. The quantitative estimate of drug-likeness (QED) is 0.207. The third-order valence-corrected chi connectivity index (χ3v) is 8.22. The van der Waals surface area contributed by atoms with E-state index in [-0.39, 0.29) is 24.2 Å². The molecule has 2 aromatic heterocycles. The number of nitrogens with two attached hydrogens (primary N) is 2. The highest BCUT2D eigenvalue weighted by Gasteiger charge is 2.35. The maximum atomic E-state index is 13.9. The van der Waals surface area contributed by atoms with Crippen LogP contribution < -0.4 is 16.4 Å². The Bertz CT molecular complexity index is 1660. The highest BCUT2D eigenvalue weighted by Crippen LogP contribution is 2.32. The number of hydrogen-bond donors (Lipinski definition) is 4. The van der Waals surface area contributed by atoms with Gasteiger partial charge in [0.15, 0.2) is 0 Å². The number of carbonyl (C=O) groups is 2. The lowest BCUT2D eigenvalue weighted by Gasteiger charge is -2.32. The van der Waals surface area contributed by atoms with Crippen LogP contribution in [-0.2, 0) is 16.0 Å². The number of hydrogen-bond acceptors (Lipinski definition) is 8. The van der Waals surface area contributed by atoms with Crippen LogP contribution >= 0.6 is 12.4 Å². The topological polar surface area (TPSA) is 173 Å². The standard InChI is InChI=1S/C31H33N9O2.ClH/c32-17-20-6-10-23(11-7-20)30(41)40(24-14-12-22(13-15-24)29-36-38-39-37-29)31(42)27(33)16-19-4-8-21(9-5-19)25-2-1-3-28-26(25)18-34-35-28;/h1-5,8-9,12-15,18,20,23,27H,6-7,10-11,16-17,32-33H2,(H,34,35)(H,36,37,38,39);1H/t20?,23?,27-;/m0./s1. The molecule has 2 heterocycles. The number of aromatic amines is 2. The van der Waals surface area contributed by atoms with E-state index in [1.807, 2.05) is 42.6 Å². The fourth-order valence-electron chi connectivity index (χ4n) is 5.78. The molecule has 1 aliphatic carbocycles. The number of imide groups is 1. The molecule has 5 aromatic rings. The first-order chi connectivity index (χ1) is 20.5. The minimum Gasteiger partial charge on any atom is -0.330 e. The van der Waals surface area contributed by atoms with Crippen molar-refractivity contribution < 1.29 is 9.59 Å². The number of H-pyrrole nitrogens is 2. The van der Waals surface area contributed by atoms with Gasteiger partial charge in [-0.2, -0.15) is 10.3 Å². The van der Waals surface area contributed by atoms with Gasteiger partial charge >= 0.3 is 0 Å². The Morgan fingerprint density at radius 1 is 0.953 bits per heavy atom. The van der Waals surface area contributed by atoms with Gasteiger partial charge < -0.3 is 11.5 Å². The number of nitrogens with one attached hydrogen (secondary N) is 2. The molecule has 0 radical (unpaired) electrons. The Hall–Kier alpha value is -4.45. The SMILES string of the molecule is Cl.NCC1CCC(C(=O)N(C(=O)[C@@H](N)Cc2ccc(-c3cccc4[nH]ncc34)cc2)c2ccc(-c3nn[nH]n3)cc2)CC1. The van der Waals surface area contributed by atoms with Crippen molar-refractivity contribution in [3.63, 3.8) is 0 Å². The monoisotopic (exact) mass is 599 g/mol. The van der Waals surface area contributed by atoms with Gasteiger partial charge in [-0.3, -0.25) is 14.7 Å². The molecular formula is C31H34ClN9O2. The zero-order chi connectivity index (χ0) is 29.1. The summed E-state index contributed by atoms with van der Waals surface area (Å²) in [5, 5.41) is 22.2. The molecule has 11 nitrogen and oxygen atoms in total. The van der Waals surface area contributed by atoms with E-state index in [1.54, 1.807) is 24.3 Å². The van der Waals surface area contributed by atoms with Crippen LogP contribution in [0.2, 0.25) is 0 Å². The molecule has 1 aliphatic rings. The third kappa shape index (κ3) is 6.34. The molecule has 1 saturated carbocycles. The van der Waals surface area contributed by atoms with Gasteiger partial charge in [0.1, 0.15) is 0 Å². The molecule has 0 aliphatic heterocycles. The number of tetrazole rings is 1. The first-order valence-corrected chi connectivity index (χ1v) is 14.2. The molecule has 0 spiro atoms. The van der Waals surface area contributed by atoms with Crippen LogP contribution in [0, 0.1) is 11.8 Å². The van der Waals surface area contributed by atoms with Crippen LogP contribution in [-0.4, -0.2) is 55.2 Å². The van der Waals surface area contributed by atoms with Crippen molar-refractivity contribution in [2.24, 2.45) is 23.3 Å². The fourth-order valence-corrected chi connectivity index (χ4v) is 5.78. The lowest BCUT2D eigenvalue weighted by Crippen LogP contribution is -2.50. The Morgan fingerprint density at radius 3 is 2.35 bits per heavy atom. The van der Waals surface area contributed by atoms with Gasteiger partial charge in [-0.05, 0) is 96.8 Å². The number of aromatic nitrogens is 6. The number of nitrogens with zero attached hydrogens (tertiary/aromatic N) is 5. The number of benzene rings is 3. The number of rotatable bonds is 8. The smallest absolute Gasteiger partial charge is 0.251 e. The van der Waals surface area contributed by atoms with Crippen molar-refractivity contribution in [3.05, 3.63) is 78.5 Å². The summed E-state index contributed by atoms with van der Waals surface area (Å²) < 4.78 is 0. The van der Waals surface area contributed by atoms with Crippen LogP contribution in [0.15, 0.2) is 72.9 Å². The highest BCUT2D eigenvalue weighted by molar-refractivity contribution is 6.17.